The largest absolute Gasteiger partial charge is 0.325 e. The number of fused-ring (bicyclic) bond motifs is 1. The summed E-state index contributed by atoms with van der Waals surface area (Å²) < 4.78 is 1.62. The zero-order chi connectivity index (χ0) is 21.8. The molecule has 1 heterocycles. The van der Waals surface area contributed by atoms with Crippen molar-refractivity contribution in [3.05, 3.63) is 68.5 Å². The molecule has 0 bridgehead atoms. The average molecular weight is 426 g/mol. The Balaban J connectivity index is 1.85. The average Bonchev–Trinajstić information content (AvgIpc) is 2.73. The number of amides is 1. The minimum Gasteiger partial charge on any atom is -0.325 e. The fourth-order valence-corrected chi connectivity index (χ4v) is 3.97. The number of thioether (sulfide) groups is 1. The Bertz CT molecular complexity index is 1180. The molecule has 1 aromatic heterocycles. The number of hydrogen-bond acceptors (Lipinski definition) is 6. The Kier molecular flexibility index (Phi) is 6.51. The number of nitrogens with zero attached hydrogens (tertiary/aromatic N) is 3. The van der Waals surface area contributed by atoms with Crippen molar-refractivity contribution in [2.24, 2.45) is 0 Å². The van der Waals surface area contributed by atoms with Crippen LogP contribution in [0.3, 0.4) is 0 Å². The maximum Gasteiger partial charge on any atom is 0.274 e. The predicted molar refractivity (Wildman–Crippen MR) is 118 cm³/mol. The van der Waals surface area contributed by atoms with E-state index in [4.69, 9.17) is 0 Å². The van der Waals surface area contributed by atoms with Gasteiger partial charge in [0.1, 0.15) is 0 Å². The third-order valence-electron chi connectivity index (χ3n) is 4.92. The van der Waals surface area contributed by atoms with Gasteiger partial charge in [-0.25, -0.2) is 4.98 Å². The van der Waals surface area contributed by atoms with Crippen molar-refractivity contribution >= 4 is 39.9 Å². The zero-order valence-corrected chi connectivity index (χ0v) is 17.7. The maximum atomic E-state index is 13.0. The standard InChI is InChI=1S/C21H22N4O4S/c1-4-13(2)24-20(27)15-8-5-6-9-17(15)23-21(24)30-12-19(26)22-16-10-7-11-18(14(16)3)25(28)29/h5-11,13H,4,12H2,1-3H3,(H,22,26)/t13-/m1/s1. The monoisotopic (exact) mass is 426 g/mol. The van der Waals surface area contributed by atoms with E-state index in [1.165, 1.54) is 23.9 Å². The number of carbonyl (C=O) groups is 1. The van der Waals surface area contributed by atoms with Crippen LogP contribution in [0.2, 0.25) is 0 Å². The number of nitro groups is 1. The smallest absolute Gasteiger partial charge is 0.274 e. The second kappa shape index (κ2) is 9.08. The lowest BCUT2D eigenvalue weighted by Gasteiger charge is -2.18. The lowest BCUT2D eigenvalue weighted by molar-refractivity contribution is -0.385. The van der Waals surface area contributed by atoms with Gasteiger partial charge in [-0.05, 0) is 38.5 Å². The fraction of sp³-hybridized carbons (Fsp3) is 0.286. The van der Waals surface area contributed by atoms with Gasteiger partial charge in [-0.1, -0.05) is 36.9 Å². The summed E-state index contributed by atoms with van der Waals surface area (Å²) in [5.74, 6) is -0.315. The van der Waals surface area contributed by atoms with Crippen molar-refractivity contribution in [3.63, 3.8) is 0 Å². The minimum atomic E-state index is -0.483. The number of nitro benzene ring substituents is 1. The van der Waals surface area contributed by atoms with Crippen LogP contribution >= 0.6 is 11.8 Å². The molecule has 1 N–H and O–H groups in total. The molecule has 0 fully saturated rings. The molecule has 0 saturated heterocycles. The van der Waals surface area contributed by atoms with E-state index in [1.807, 2.05) is 19.9 Å². The summed E-state index contributed by atoms with van der Waals surface area (Å²) in [5, 5.41) is 14.8. The van der Waals surface area contributed by atoms with Crippen molar-refractivity contribution in [2.75, 3.05) is 11.1 Å². The molecule has 0 unspecified atom stereocenters. The van der Waals surface area contributed by atoms with Gasteiger partial charge in [-0.2, -0.15) is 0 Å². The molecular weight excluding hydrogens is 404 g/mol. The third kappa shape index (κ3) is 4.35. The van der Waals surface area contributed by atoms with E-state index in [9.17, 15) is 19.7 Å². The Hall–Kier alpha value is -3.20. The number of benzene rings is 2. The summed E-state index contributed by atoms with van der Waals surface area (Å²) >= 11 is 1.17. The normalized spacial score (nSPS) is 12.0. The molecule has 1 amide bonds. The first-order valence-corrected chi connectivity index (χ1v) is 10.5. The molecule has 0 aliphatic heterocycles. The number of aromatic nitrogens is 2. The van der Waals surface area contributed by atoms with E-state index in [2.05, 4.69) is 10.3 Å². The van der Waals surface area contributed by atoms with Gasteiger partial charge < -0.3 is 5.32 Å². The second-order valence-corrected chi connectivity index (χ2v) is 7.83. The highest BCUT2D eigenvalue weighted by atomic mass is 32.2. The van der Waals surface area contributed by atoms with Crippen LogP contribution in [0, 0.1) is 17.0 Å². The summed E-state index contributed by atoms with van der Waals surface area (Å²) in [4.78, 5) is 40.7. The molecular formula is C21H22N4O4S. The van der Waals surface area contributed by atoms with Crippen molar-refractivity contribution < 1.29 is 9.72 Å². The van der Waals surface area contributed by atoms with Gasteiger partial charge in [-0.3, -0.25) is 24.3 Å². The summed E-state index contributed by atoms with van der Waals surface area (Å²) in [6, 6.07) is 11.6. The van der Waals surface area contributed by atoms with Crippen LogP contribution in [-0.2, 0) is 4.79 Å². The lowest BCUT2D eigenvalue weighted by Crippen LogP contribution is -2.26. The van der Waals surface area contributed by atoms with Gasteiger partial charge in [0.05, 0.1) is 32.8 Å². The van der Waals surface area contributed by atoms with E-state index < -0.39 is 4.92 Å². The molecule has 3 rings (SSSR count). The second-order valence-electron chi connectivity index (χ2n) is 6.89. The number of carbonyl (C=O) groups excluding carboxylic acids is 1. The summed E-state index contributed by atoms with van der Waals surface area (Å²) in [6.45, 7) is 5.51. The van der Waals surface area contributed by atoms with Crippen molar-refractivity contribution in [1.82, 2.24) is 9.55 Å². The molecule has 30 heavy (non-hydrogen) atoms. The Morgan fingerprint density at radius 2 is 2.00 bits per heavy atom. The zero-order valence-electron chi connectivity index (χ0n) is 16.9. The summed E-state index contributed by atoms with van der Waals surface area (Å²) in [7, 11) is 0. The topological polar surface area (TPSA) is 107 Å². The molecule has 0 aliphatic carbocycles. The number of para-hydroxylation sites is 1. The summed E-state index contributed by atoms with van der Waals surface area (Å²) in [6.07, 6.45) is 0.743. The molecule has 9 heteroatoms. The predicted octanol–water partition coefficient (Wildman–Crippen LogP) is 4.31. The van der Waals surface area contributed by atoms with Crippen LogP contribution in [0.1, 0.15) is 31.9 Å². The van der Waals surface area contributed by atoms with Crippen LogP contribution in [0.25, 0.3) is 10.9 Å². The van der Waals surface area contributed by atoms with Gasteiger partial charge in [0.2, 0.25) is 5.91 Å². The molecule has 0 aliphatic rings. The Morgan fingerprint density at radius 3 is 2.70 bits per heavy atom. The molecule has 0 radical (unpaired) electrons. The third-order valence-corrected chi connectivity index (χ3v) is 5.87. The highest BCUT2D eigenvalue weighted by molar-refractivity contribution is 7.99. The number of nitrogens with one attached hydrogen (secondary N) is 1. The van der Waals surface area contributed by atoms with Gasteiger partial charge >= 0.3 is 0 Å². The number of hydrogen-bond donors (Lipinski definition) is 1. The molecule has 3 aromatic rings. The molecule has 1 atom stereocenters. The van der Waals surface area contributed by atoms with Crippen molar-refractivity contribution in [3.8, 4) is 0 Å². The minimum absolute atomic E-state index is 0.0172. The highest BCUT2D eigenvalue weighted by Gasteiger charge is 2.18. The van der Waals surface area contributed by atoms with Crippen molar-refractivity contribution in [2.45, 2.75) is 38.4 Å². The van der Waals surface area contributed by atoms with E-state index in [0.29, 0.717) is 27.3 Å². The number of rotatable bonds is 7. The lowest BCUT2D eigenvalue weighted by atomic mass is 10.1. The fourth-order valence-electron chi connectivity index (χ4n) is 3.07. The van der Waals surface area contributed by atoms with Crippen LogP contribution in [-0.4, -0.2) is 26.1 Å². The van der Waals surface area contributed by atoms with E-state index in [-0.39, 0.29) is 28.9 Å². The number of anilines is 1. The SMILES string of the molecule is CC[C@@H](C)n1c(SCC(=O)Nc2cccc([N+](=O)[O-])c2C)nc2ccccc2c1=O. The first-order chi connectivity index (χ1) is 14.3. The van der Waals surface area contributed by atoms with Crippen LogP contribution < -0.4 is 10.9 Å². The van der Waals surface area contributed by atoms with E-state index >= 15 is 0 Å². The maximum absolute atomic E-state index is 13.0. The molecule has 8 nitrogen and oxygen atoms in total. The van der Waals surface area contributed by atoms with Gasteiger partial charge in [0.15, 0.2) is 5.16 Å². The van der Waals surface area contributed by atoms with Gasteiger partial charge in [0, 0.05) is 12.1 Å². The van der Waals surface area contributed by atoms with Crippen LogP contribution in [0.5, 0.6) is 0 Å². The van der Waals surface area contributed by atoms with Gasteiger partial charge in [0.25, 0.3) is 11.2 Å². The van der Waals surface area contributed by atoms with Crippen LogP contribution in [0.4, 0.5) is 11.4 Å². The first-order valence-electron chi connectivity index (χ1n) is 9.51. The van der Waals surface area contributed by atoms with Gasteiger partial charge in [-0.15, -0.1) is 0 Å². The van der Waals surface area contributed by atoms with Crippen molar-refractivity contribution in [1.29, 1.82) is 0 Å². The van der Waals surface area contributed by atoms with E-state index in [0.717, 1.165) is 6.42 Å². The Morgan fingerprint density at radius 1 is 1.27 bits per heavy atom. The molecule has 156 valence electrons. The Labute approximate surface area is 177 Å². The van der Waals surface area contributed by atoms with Crippen LogP contribution in [0.15, 0.2) is 52.4 Å². The molecule has 2 aromatic carbocycles. The quantitative estimate of drug-likeness (QED) is 0.261. The molecule has 0 saturated carbocycles. The molecule has 0 spiro atoms. The first kappa shape index (κ1) is 21.5. The summed E-state index contributed by atoms with van der Waals surface area (Å²) in [5.41, 5.74) is 1.18. The highest BCUT2D eigenvalue weighted by Crippen LogP contribution is 2.26. The van der Waals surface area contributed by atoms with E-state index in [1.54, 1.807) is 35.8 Å².